The Bertz CT molecular complexity index is 959. The zero-order valence-electron chi connectivity index (χ0n) is 17.5. The summed E-state index contributed by atoms with van der Waals surface area (Å²) in [5.74, 6) is -0.568. The van der Waals surface area contributed by atoms with Gasteiger partial charge in [0.25, 0.3) is 0 Å². The molecule has 1 saturated heterocycles. The van der Waals surface area contributed by atoms with Gasteiger partial charge in [0.1, 0.15) is 5.82 Å². The number of carbonyl (C=O) groups is 1. The molecule has 1 aliphatic rings. The SMILES string of the molecule is Cc1ccc(S(=O)(=O)NCCC(=O)NC[C@@H](c2ccc(F)cc2)N2CCOCC2)cc1. The van der Waals surface area contributed by atoms with E-state index in [2.05, 4.69) is 14.9 Å². The van der Waals surface area contributed by atoms with E-state index >= 15 is 0 Å². The van der Waals surface area contributed by atoms with Gasteiger partial charge in [-0.25, -0.2) is 17.5 Å². The number of hydrogen-bond acceptors (Lipinski definition) is 5. The van der Waals surface area contributed by atoms with E-state index in [1.54, 1.807) is 24.3 Å². The van der Waals surface area contributed by atoms with Crippen molar-refractivity contribution < 1.29 is 22.3 Å². The summed E-state index contributed by atoms with van der Waals surface area (Å²) in [6, 6.07) is 12.7. The van der Waals surface area contributed by atoms with Crippen LogP contribution in [0.2, 0.25) is 0 Å². The minimum absolute atomic E-state index is 0.000806. The lowest BCUT2D eigenvalue weighted by Gasteiger charge is -2.35. The third-order valence-electron chi connectivity index (χ3n) is 5.21. The van der Waals surface area contributed by atoms with E-state index in [0.29, 0.717) is 32.8 Å². The van der Waals surface area contributed by atoms with Gasteiger partial charge in [-0.1, -0.05) is 29.8 Å². The van der Waals surface area contributed by atoms with Crippen molar-refractivity contribution >= 4 is 15.9 Å². The number of morpholine rings is 1. The average Bonchev–Trinajstić information content (AvgIpc) is 2.76. The molecule has 0 unspecified atom stereocenters. The molecule has 2 aromatic carbocycles. The normalized spacial score (nSPS) is 16.1. The summed E-state index contributed by atoms with van der Waals surface area (Å²) in [6.45, 7) is 4.86. The minimum Gasteiger partial charge on any atom is -0.379 e. The van der Waals surface area contributed by atoms with Gasteiger partial charge in [0.05, 0.1) is 24.2 Å². The molecule has 0 saturated carbocycles. The number of nitrogens with one attached hydrogen (secondary N) is 2. The molecular weight excluding hydrogens is 421 g/mol. The highest BCUT2D eigenvalue weighted by Crippen LogP contribution is 2.21. The number of carbonyl (C=O) groups excluding carboxylic acids is 1. The Morgan fingerprint density at radius 2 is 1.74 bits per heavy atom. The number of nitrogens with zero attached hydrogens (tertiary/aromatic N) is 1. The van der Waals surface area contributed by atoms with E-state index in [1.807, 2.05) is 6.92 Å². The van der Waals surface area contributed by atoms with Crippen LogP contribution in [0.5, 0.6) is 0 Å². The van der Waals surface area contributed by atoms with Crippen LogP contribution >= 0.6 is 0 Å². The molecule has 0 aromatic heterocycles. The van der Waals surface area contributed by atoms with Crippen molar-refractivity contribution in [3.8, 4) is 0 Å². The Balaban J connectivity index is 1.53. The second-order valence-corrected chi connectivity index (χ2v) is 9.25. The molecule has 1 fully saturated rings. The first kappa shape index (κ1) is 23.3. The van der Waals surface area contributed by atoms with Crippen LogP contribution in [-0.4, -0.2) is 58.6 Å². The largest absolute Gasteiger partial charge is 0.379 e. The lowest BCUT2D eigenvalue weighted by Crippen LogP contribution is -2.44. The van der Waals surface area contributed by atoms with Crippen LogP contribution in [-0.2, 0) is 19.6 Å². The Labute approximate surface area is 182 Å². The Morgan fingerprint density at radius 1 is 1.10 bits per heavy atom. The van der Waals surface area contributed by atoms with Crippen LogP contribution in [0.3, 0.4) is 0 Å². The van der Waals surface area contributed by atoms with Crippen LogP contribution in [0.1, 0.15) is 23.6 Å². The maximum absolute atomic E-state index is 13.3. The molecule has 0 radical (unpaired) electrons. The van der Waals surface area contributed by atoms with Gasteiger partial charge < -0.3 is 10.1 Å². The van der Waals surface area contributed by atoms with E-state index in [1.165, 1.54) is 24.3 Å². The number of aryl methyl sites for hydroxylation is 1. The second kappa shape index (κ2) is 10.8. The summed E-state index contributed by atoms with van der Waals surface area (Å²) in [5, 5.41) is 2.88. The quantitative estimate of drug-likeness (QED) is 0.611. The number of hydrogen-bond donors (Lipinski definition) is 2. The van der Waals surface area contributed by atoms with Crippen molar-refractivity contribution in [2.24, 2.45) is 0 Å². The van der Waals surface area contributed by atoms with Crippen LogP contribution in [0, 0.1) is 12.7 Å². The zero-order chi connectivity index (χ0) is 22.3. The smallest absolute Gasteiger partial charge is 0.240 e. The fourth-order valence-corrected chi connectivity index (χ4v) is 4.46. The Hall–Kier alpha value is -2.33. The highest BCUT2D eigenvalue weighted by atomic mass is 32.2. The molecule has 1 amide bonds. The van der Waals surface area contributed by atoms with Gasteiger partial charge in [0.2, 0.25) is 15.9 Å². The first-order valence-corrected chi connectivity index (χ1v) is 11.7. The van der Waals surface area contributed by atoms with Crippen LogP contribution in [0.4, 0.5) is 4.39 Å². The molecule has 3 rings (SSSR count). The molecule has 9 heteroatoms. The molecule has 31 heavy (non-hydrogen) atoms. The first-order chi connectivity index (χ1) is 14.8. The zero-order valence-corrected chi connectivity index (χ0v) is 18.3. The minimum atomic E-state index is -3.66. The third kappa shape index (κ3) is 6.83. The highest BCUT2D eigenvalue weighted by molar-refractivity contribution is 7.89. The van der Waals surface area contributed by atoms with E-state index in [9.17, 15) is 17.6 Å². The van der Waals surface area contributed by atoms with E-state index in [-0.39, 0.29) is 35.6 Å². The molecule has 0 aliphatic carbocycles. The fourth-order valence-electron chi connectivity index (χ4n) is 3.43. The van der Waals surface area contributed by atoms with E-state index in [4.69, 9.17) is 4.74 Å². The number of benzene rings is 2. The highest BCUT2D eigenvalue weighted by Gasteiger charge is 2.23. The number of rotatable bonds is 9. The van der Waals surface area contributed by atoms with Gasteiger partial charge in [-0.3, -0.25) is 9.69 Å². The predicted octanol–water partition coefficient (Wildman–Crippen LogP) is 1.99. The van der Waals surface area contributed by atoms with Gasteiger partial charge in [0.15, 0.2) is 0 Å². The monoisotopic (exact) mass is 449 g/mol. The van der Waals surface area contributed by atoms with Gasteiger partial charge in [-0.05, 0) is 36.8 Å². The lowest BCUT2D eigenvalue weighted by molar-refractivity contribution is -0.121. The topological polar surface area (TPSA) is 87.7 Å². The van der Waals surface area contributed by atoms with Gasteiger partial charge >= 0.3 is 0 Å². The number of amides is 1. The second-order valence-electron chi connectivity index (χ2n) is 7.48. The molecule has 7 nitrogen and oxygen atoms in total. The molecule has 2 N–H and O–H groups in total. The standard InChI is InChI=1S/C22H28FN3O4S/c1-17-2-8-20(9-3-17)31(28,29)25-11-10-22(27)24-16-21(26-12-14-30-15-13-26)18-4-6-19(23)7-5-18/h2-9,21,25H,10-16H2,1H3,(H,24,27)/t21-/m0/s1. The molecule has 1 aliphatic heterocycles. The van der Waals surface area contributed by atoms with Crippen molar-refractivity contribution in [2.75, 3.05) is 39.4 Å². The first-order valence-electron chi connectivity index (χ1n) is 10.3. The molecule has 1 atom stereocenters. The van der Waals surface area contributed by atoms with Crippen molar-refractivity contribution in [1.82, 2.24) is 14.9 Å². The van der Waals surface area contributed by atoms with Crippen LogP contribution < -0.4 is 10.0 Å². The number of ether oxygens (including phenoxy) is 1. The summed E-state index contributed by atoms with van der Waals surface area (Å²) in [6.07, 6.45) is 0.0182. The maximum atomic E-state index is 13.3. The average molecular weight is 450 g/mol. The van der Waals surface area contributed by atoms with E-state index in [0.717, 1.165) is 11.1 Å². The molecule has 168 valence electrons. The predicted molar refractivity (Wildman–Crippen MR) is 116 cm³/mol. The Kier molecular flexibility index (Phi) is 8.14. The summed E-state index contributed by atoms with van der Waals surface area (Å²) >= 11 is 0. The summed E-state index contributed by atoms with van der Waals surface area (Å²) in [4.78, 5) is 14.7. The lowest BCUT2D eigenvalue weighted by atomic mass is 10.0. The summed E-state index contributed by atoms with van der Waals surface area (Å²) in [5.41, 5.74) is 1.87. The van der Waals surface area contributed by atoms with Gasteiger partial charge in [-0.15, -0.1) is 0 Å². The summed E-state index contributed by atoms with van der Waals surface area (Å²) < 4.78 is 45.8. The third-order valence-corrected chi connectivity index (χ3v) is 6.69. The van der Waals surface area contributed by atoms with Crippen molar-refractivity contribution in [3.63, 3.8) is 0 Å². The molecule has 1 heterocycles. The van der Waals surface area contributed by atoms with Crippen LogP contribution in [0.25, 0.3) is 0 Å². The molecular formula is C22H28FN3O4S. The molecule has 0 bridgehead atoms. The molecule has 2 aromatic rings. The molecule has 0 spiro atoms. The summed E-state index contributed by atoms with van der Waals surface area (Å²) in [7, 11) is -3.66. The van der Waals surface area contributed by atoms with Gasteiger partial charge in [-0.2, -0.15) is 0 Å². The van der Waals surface area contributed by atoms with Crippen LogP contribution in [0.15, 0.2) is 53.4 Å². The van der Waals surface area contributed by atoms with E-state index < -0.39 is 10.0 Å². The van der Waals surface area contributed by atoms with Gasteiger partial charge in [0, 0.05) is 32.6 Å². The maximum Gasteiger partial charge on any atom is 0.240 e. The fraction of sp³-hybridized carbons (Fsp3) is 0.409. The van der Waals surface area contributed by atoms with Crippen molar-refractivity contribution in [2.45, 2.75) is 24.3 Å². The Morgan fingerprint density at radius 3 is 2.39 bits per heavy atom. The van der Waals surface area contributed by atoms with Crippen molar-refractivity contribution in [3.05, 3.63) is 65.5 Å². The number of halogens is 1. The van der Waals surface area contributed by atoms with Crippen molar-refractivity contribution in [1.29, 1.82) is 0 Å². The number of sulfonamides is 1.